The van der Waals surface area contributed by atoms with Crippen molar-refractivity contribution in [2.45, 2.75) is 13.0 Å². The van der Waals surface area contributed by atoms with E-state index in [2.05, 4.69) is 4.98 Å². The van der Waals surface area contributed by atoms with E-state index < -0.39 is 6.10 Å². The maximum atomic E-state index is 9.43. The van der Waals surface area contributed by atoms with Crippen LogP contribution >= 0.6 is 0 Å². The summed E-state index contributed by atoms with van der Waals surface area (Å²) in [5.41, 5.74) is 0.737. The van der Waals surface area contributed by atoms with Gasteiger partial charge in [-0.2, -0.15) is 0 Å². The van der Waals surface area contributed by atoms with Crippen molar-refractivity contribution < 1.29 is 19.3 Å². The van der Waals surface area contributed by atoms with Crippen LogP contribution in [0.5, 0.6) is 23.1 Å². The van der Waals surface area contributed by atoms with Gasteiger partial charge in [0.15, 0.2) is 0 Å². The van der Waals surface area contributed by atoms with Crippen LogP contribution in [0.25, 0.3) is 0 Å². The molecule has 0 amide bonds. The quantitative estimate of drug-likeness (QED) is 0.909. The van der Waals surface area contributed by atoms with Crippen LogP contribution in [0.15, 0.2) is 36.5 Å². The summed E-state index contributed by atoms with van der Waals surface area (Å²) in [6.45, 7) is 1.68. The molecule has 1 atom stereocenters. The van der Waals surface area contributed by atoms with Gasteiger partial charge >= 0.3 is 0 Å². The lowest BCUT2D eigenvalue weighted by Gasteiger charge is -2.10. The first-order valence-electron chi connectivity index (χ1n) is 6.17. The number of rotatable bonds is 5. The molecule has 0 aliphatic carbocycles. The molecule has 1 aromatic carbocycles. The number of methoxy groups -OCH3 is 2. The Balaban J connectivity index is 2.20. The number of aromatic nitrogens is 1. The fourth-order valence-electron chi connectivity index (χ4n) is 1.66. The standard InChI is InChI=1S/C15H17NO4/c1-10(17)11-4-5-15(16-9-11)20-14-7-12(18-2)6-13(8-14)19-3/h4-10,17H,1-3H3/t10-/m0/s1. The Morgan fingerprint density at radius 3 is 2.05 bits per heavy atom. The topological polar surface area (TPSA) is 60.8 Å². The van der Waals surface area contributed by atoms with E-state index in [0.29, 0.717) is 23.1 Å². The van der Waals surface area contributed by atoms with Crippen LogP contribution in [-0.4, -0.2) is 24.3 Å². The molecule has 0 aliphatic heterocycles. The second kappa shape index (κ2) is 6.25. The lowest BCUT2D eigenvalue weighted by Crippen LogP contribution is -1.94. The van der Waals surface area contributed by atoms with Gasteiger partial charge in [-0.3, -0.25) is 0 Å². The van der Waals surface area contributed by atoms with E-state index in [0.717, 1.165) is 5.56 Å². The summed E-state index contributed by atoms with van der Waals surface area (Å²) in [6.07, 6.45) is 1.03. The van der Waals surface area contributed by atoms with E-state index in [1.807, 2.05) is 0 Å². The Labute approximate surface area is 117 Å². The first-order valence-corrected chi connectivity index (χ1v) is 6.17. The van der Waals surface area contributed by atoms with E-state index >= 15 is 0 Å². The molecule has 0 radical (unpaired) electrons. The van der Waals surface area contributed by atoms with Gasteiger partial charge in [0.1, 0.15) is 17.2 Å². The van der Waals surface area contributed by atoms with Gasteiger partial charge in [-0.05, 0) is 18.6 Å². The third-order valence-electron chi connectivity index (χ3n) is 2.79. The third kappa shape index (κ3) is 3.39. The SMILES string of the molecule is COc1cc(OC)cc(Oc2ccc([C@H](C)O)cn2)c1. The van der Waals surface area contributed by atoms with Crippen molar-refractivity contribution in [1.82, 2.24) is 4.98 Å². The molecule has 1 aromatic heterocycles. The monoisotopic (exact) mass is 275 g/mol. The maximum Gasteiger partial charge on any atom is 0.219 e. The van der Waals surface area contributed by atoms with Crippen LogP contribution < -0.4 is 14.2 Å². The molecular formula is C15H17NO4. The van der Waals surface area contributed by atoms with E-state index in [9.17, 15) is 5.11 Å². The summed E-state index contributed by atoms with van der Waals surface area (Å²) in [5.74, 6) is 2.28. The molecule has 5 nitrogen and oxygen atoms in total. The fraction of sp³-hybridized carbons (Fsp3) is 0.267. The lowest BCUT2D eigenvalue weighted by atomic mass is 10.2. The number of aliphatic hydroxyl groups excluding tert-OH is 1. The number of hydrogen-bond acceptors (Lipinski definition) is 5. The Hall–Kier alpha value is -2.27. The second-order valence-electron chi connectivity index (χ2n) is 4.26. The van der Waals surface area contributed by atoms with Crippen molar-refractivity contribution in [2.75, 3.05) is 14.2 Å². The molecule has 0 fully saturated rings. The molecule has 0 unspecified atom stereocenters. The largest absolute Gasteiger partial charge is 0.496 e. The number of nitrogens with zero attached hydrogens (tertiary/aromatic N) is 1. The highest BCUT2D eigenvalue weighted by Crippen LogP contribution is 2.30. The number of pyridine rings is 1. The molecule has 0 saturated heterocycles. The number of ether oxygens (including phenoxy) is 3. The van der Waals surface area contributed by atoms with Crippen LogP contribution in [0, 0.1) is 0 Å². The summed E-state index contributed by atoms with van der Waals surface area (Å²) < 4.78 is 16.0. The number of hydrogen-bond donors (Lipinski definition) is 1. The summed E-state index contributed by atoms with van der Waals surface area (Å²) in [7, 11) is 3.16. The summed E-state index contributed by atoms with van der Waals surface area (Å²) >= 11 is 0. The number of aliphatic hydroxyl groups is 1. The molecule has 0 saturated carbocycles. The van der Waals surface area contributed by atoms with Crippen molar-refractivity contribution in [3.8, 4) is 23.1 Å². The van der Waals surface area contributed by atoms with E-state index in [1.54, 1.807) is 57.7 Å². The minimum absolute atomic E-state index is 0.435. The van der Waals surface area contributed by atoms with Gasteiger partial charge in [0.25, 0.3) is 0 Å². The van der Waals surface area contributed by atoms with Crippen LogP contribution in [0.3, 0.4) is 0 Å². The molecular weight excluding hydrogens is 258 g/mol. The minimum Gasteiger partial charge on any atom is -0.496 e. The van der Waals surface area contributed by atoms with Crippen LogP contribution in [0.4, 0.5) is 0 Å². The third-order valence-corrected chi connectivity index (χ3v) is 2.79. The summed E-state index contributed by atoms with van der Waals surface area (Å²) in [6, 6.07) is 8.72. The fourth-order valence-corrected chi connectivity index (χ4v) is 1.66. The highest BCUT2D eigenvalue weighted by molar-refractivity contribution is 5.43. The van der Waals surface area contributed by atoms with Crippen LogP contribution in [-0.2, 0) is 0 Å². The zero-order chi connectivity index (χ0) is 14.5. The zero-order valence-corrected chi connectivity index (χ0v) is 11.7. The highest BCUT2D eigenvalue weighted by Gasteiger charge is 2.06. The average molecular weight is 275 g/mol. The Morgan fingerprint density at radius 1 is 1.00 bits per heavy atom. The van der Waals surface area contributed by atoms with E-state index in [1.165, 1.54) is 0 Å². The lowest BCUT2D eigenvalue weighted by molar-refractivity contribution is 0.198. The number of benzene rings is 1. The van der Waals surface area contributed by atoms with Crippen molar-refractivity contribution >= 4 is 0 Å². The molecule has 1 N–H and O–H groups in total. The smallest absolute Gasteiger partial charge is 0.219 e. The van der Waals surface area contributed by atoms with Crippen molar-refractivity contribution in [2.24, 2.45) is 0 Å². The van der Waals surface area contributed by atoms with E-state index in [4.69, 9.17) is 14.2 Å². The van der Waals surface area contributed by atoms with Gasteiger partial charge in [-0.15, -0.1) is 0 Å². The molecule has 2 rings (SSSR count). The molecule has 106 valence electrons. The average Bonchev–Trinajstić information content (AvgIpc) is 2.47. The van der Waals surface area contributed by atoms with Crippen LogP contribution in [0.1, 0.15) is 18.6 Å². The first kappa shape index (κ1) is 14.1. The van der Waals surface area contributed by atoms with Gasteiger partial charge in [-0.25, -0.2) is 4.98 Å². The maximum absolute atomic E-state index is 9.43. The molecule has 0 spiro atoms. The van der Waals surface area contributed by atoms with Gasteiger partial charge in [0.2, 0.25) is 5.88 Å². The van der Waals surface area contributed by atoms with Crippen molar-refractivity contribution in [3.63, 3.8) is 0 Å². The molecule has 20 heavy (non-hydrogen) atoms. The zero-order valence-electron chi connectivity index (χ0n) is 11.7. The molecule has 0 aliphatic rings. The molecule has 2 aromatic rings. The van der Waals surface area contributed by atoms with Crippen molar-refractivity contribution in [3.05, 3.63) is 42.1 Å². The predicted molar refractivity (Wildman–Crippen MR) is 74.5 cm³/mol. The Bertz CT molecular complexity index is 544. The predicted octanol–water partition coefficient (Wildman–Crippen LogP) is 2.94. The Kier molecular flexibility index (Phi) is 4.42. The summed E-state index contributed by atoms with van der Waals surface area (Å²) in [5, 5.41) is 9.43. The van der Waals surface area contributed by atoms with E-state index in [-0.39, 0.29) is 0 Å². The van der Waals surface area contributed by atoms with Gasteiger partial charge in [0, 0.05) is 30.5 Å². The summed E-state index contributed by atoms with van der Waals surface area (Å²) in [4.78, 5) is 4.14. The second-order valence-corrected chi connectivity index (χ2v) is 4.26. The Morgan fingerprint density at radius 2 is 1.60 bits per heavy atom. The molecule has 1 heterocycles. The van der Waals surface area contributed by atoms with Crippen molar-refractivity contribution in [1.29, 1.82) is 0 Å². The first-order chi connectivity index (χ1) is 9.62. The van der Waals surface area contributed by atoms with Gasteiger partial charge in [0.05, 0.1) is 20.3 Å². The highest BCUT2D eigenvalue weighted by atomic mass is 16.5. The minimum atomic E-state index is -0.548. The molecule has 0 bridgehead atoms. The normalized spacial score (nSPS) is 11.8. The molecule has 5 heteroatoms. The van der Waals surface area contributed by atoms with Gasteiger partial charge in [-0.1, -0.05) is 0 Å². The van der Waals surface area contributed by atoms with Gasteiger partial charge < -0.3 is 19.3 Å². The van der Waals surface area contributed by atoms with Crippen LogP contribution in [0.2, 0.25) is 0 Å².